The Morgan fingerprint density at radius 2 is 2.08 bits per heavy atom. The molecule has 2 aromatic rings. The average Bonchev–Trinajstić information content (AvgIpc) is 3.07. The molecule has 0 radical (unpaired) electrons. The van der Waals surface area contributed by atoms with E-state index in [0.29, 0.717) is 36.6 Å². The van der Waals surface area contributed by atoms with E-state index >= 15 is 0 Å². The zero-order chi connectivity index (χ0) is 18.8. The van der Waals surface area contributed by atoms with Gasteiger partial charge in [0.05, 0.1) is 0 Å². The van der Waals surface area contributed by atoms with Crippen LogP contribution in [0.4, 0.5) is 5.82 Å². The quantitative estimate of drug-likeness (QED) is 0.463. The van der Waals surface area contributed by atoms with E-state index in [9.17, 15) is 10.2 Å². The van der Waals surface area contributed by atoms with Gasteiger partial charge in [0.15, 0.2) is 23.2 Å². The number of aromatic nitrogens is 4. The molecular weight excluding hydrogens is 338 g/mol. The molecule has 1 fully saturated rings. The summed E-state index contributed by atoms with van der Waals surface area (Å²) in [5.41, 5.74) is 12.2. The highest BCUT2D eigenvalue weighted by molar-refractivity contribution is 5.81. The summed E-state index contributed by atoms with van der Waals surface area (Å²) in [6, 6.07) is 0. The van der Waals surface area contributed by atoms with Crippen LogP contribution in [0.25, 0.3) is 11.2 Å². The first-order valence-corrected chi connectivity index (χ1v) is 8.44. The number of anilines is 1. The van der Waals surface area contributed by atoms with E-state index < -0.39 is 24.5 Å². The number of likely N-dealkylation sites (N-methyl/N-ethyl adjacent to an activating group) is 1. The average molecular weight is 363 g/mol. The van der Waals surface area contributed by atoms with Gasteiger partial charge in [-0.25, -0.2) is 15.0 Å². The van der Waals surface area contributed by atoms with E-state index in [2.05, 4.69) is 15.0 Å². The van der Waals surface area contributed by atoms with Crippen molar-refractivity contribution >= 4 is 17.0 Å². The Balaban J connectivity index is 1.81. The molecule has 1 saturated heterocycles. The fourth-order valence-electron chi connectivity index (χ4n) is 3.17. The predicted octanol–water partition coefficient (Wildman–Crippen LogP) is -1.22. The Hall–Kier alpha value is -2.11. The van der Waals surface area contributed by atoms with E-state index in [1.54, 1.807) is 11.5 Å². The van der Waals surface area contributed by atoms with Gasteiger partial charge in [0.2, 0.25) is 0 Å². The number of hydrogen-bond acceptors (Lipinski definition) is 9. The maximum atomic E-state index is 10.5. The minimum Gasteiger partial charge on any atom is -0.387 e. The van der Waals surface area contributed by atoms with Crippen molar-refractivity contribution in [2.24, 2.45) is 5.73 Å². The number of imidazole rings is 1. The Morgan fingerprint density at radius 3 is 2.81 bits per heavy atom. The number of ether oxygens (including phenoxy) is 1. The number of hydrogen-bond donors (Lipinski definition) is 4. The number of aliphatic hydroxyl groups is 2. The SMILES string of the molecule is Cc1nc2c(N)ncnc2n1[C@@H]1O[C@H](CN(C)CC=CCN)[C@@H](O)[C@H]1O. The molecule has 0 amide bonds. The number of aryl methyl sites for hydroxylation is 1. The molecule has 26 heavy (non-hydrogen) atoms. The summed E-state index contributed by atoms with van der Waals surface area (Å²) in [7, 11) is 1.91. The van der Waals surface area contributed by atoms with Gasteiger partial charge in [0.1, 0.15) is 30.5 Å². The van der Waals surface area contributed by atoms with E-state index in [-0.39, 0.29) is 5.82 Å². The largest absolute Gasteiger partial charge is 0.387 e. The van der Waals surface area contributed by atoms with Gasteiger partial charge in [0, 0.05) is 19.6 Å². The van der Waals surface area contributed by atoms with Crippen LogP contribution in [0.3, 0.4) is 0 Å². The number of nitrogens with two attached hydrogens (primary N) is 2. The molecule has 0 spiro atoms. The second-order valence-electron chi connectivity index (χ2n) is 6.43. The predicted molar refractivity (Wildman–Crippen MR) is 96.1 cm³/mol. The van der Waals surface area contributed by atoms with E-state index in [1.165, 1.54) is 6.33 Å². The van der Waals surface area contributed by atoms with Crippen LogP contribution in [0.2, 0.25) is 0 Å². The van der Waals surface area contributed by atoms with Crippen LogP contribution in [0.15, 0.2) is 18.5 Å². The van der Waals surface area contributed by atoms with Crippen molar-refractivity contribution in [3.8, 4) is 0 Å². The fraction of sp³-hybridized carbons (Fsp3) is 0.562. The van der Waals surface area contributed by atoms with Crippen LogP contribution in [0.1, 0.15) is 12.1 Å². The maximum absolute atomic E-state index is 10.5. The lowest BCUT2D eigenvalue weighted by Crippen LogP contribution is -2.38. The Bertz CT molecular complexity index is 793. The molecule has 0 aromatic carbocycles. The molecule has 6 N–H and O–H groups in total. The summed E-state index contributed by atoms with van der Waals surface area (Å²) in [5.74, 6) is 0.830. The number of nitrogen functional groups attached to an aromatic ring is 1. The monoisotopic (exact) mass is 363 g/mol. The van der Waals surface area contributed by atoms with E-state index in [1.807, 2.05) is 24.1 Å². The molecular formula is C16H25N7O3. The Morgan fingerprint density at radius 1 is 1.31 bits per heavy atom. The molecule has 2 aromatic heterocycles. The summed E-state index contributed by atoms with van der Waals surface area (Å²) in [6.45, 7) is 3.36. The van der Waals surface area contributed by atoms with Crippen LogP contribution >= 0.6 is 0 Å². The molecule has 0 aliphatic carbocycles. The van der Waals surface area contributed by atoms with Gasteiger partial charge in [0.25, 0.3) is 0 Å². The third-order valence-corrected chi connectivity index (χ3v) is 4.48. The van der Waals surface area contributed by atoms with Gasteiger partial charge in [-0.15, -0.1) is 0 Å². The summed E-state index contributed by atoms with van der Waals surface area (Å²) < 4.78 is 7.62. The highest BCUT2D eigenvalue weighted by atomic mass is 16.6. The van der Waals surface area contributed by atoms with E-state index in [0.717, 1.165) is 0 Å². The summed E-state index contributed by atoms with van der Waals surface area (Å²) in [6.07, 6.45) is 1.65. The molecule has 10 nitrogen and oxygen atoms in total. The van der Waals surface area contributed by atoms with Crippen molar-refractivity contribution in [1.82, 2.24) is 24.4 Å². The van der Waals surface area contributed by atoms with Gasteiger partial charge < -0.3 is 31.3 Å². The number of fused-ring (bicyclic) bond motifs is 1. The summed E-state index contributed by atoms with van der Waals surface area (Å²) in [5, 5.41) is 21.0. The van der Waals surface area contributed by atoms with Crippen molar-refractivity contribution in [3.63, 3.8) is 0 Å². The van der Waals surface area contributed by atoms with Crippen LogP contribution in [-0.4, -0.2) is 79.6 Å². The first kappa shape index (κ1) is 18.7. The molecule has 1 aliphatic rings. The number of aliphatic hydroxyl groups excluding tert-OH is 2. The van der Waals surface area contributed by atoms with Gasteiger partial charge in [-0.3, -0.25) is 4.57 Å². The third kappa shape index (κ3) is 3.41. The molecule has 0 unspecified atom stereocenters. The van der Waals surface area contributed by atoms with Crippen LogP contribution in [0.5, 0.6) is 0 Å². The Kier molecular flexibility index (Phi) is 5.49. The van der Waals surface area contributed by atoms with Crippen molar-refractivity contribution in [2.75, 3.05) is 32.4 Å². The minimum absolute atomic E-state index is 0.257. The Labute approximate surface area is 151 Å². The van der Waals surface area contributed by atoms with Crippen molar-refractivity contribution < 1.29 is 14.9 Å². The molecule has 3 heterocycles. The van der Waals surface area contributed by atoms with Gasteiger partial charge >= 0.3 is 0 Å². The number of nitrogens with zero attached hydrogens (tertiary/aromatic N) is 5. The zero-order valence-electron chi connectivity index (χ0n) is 14.9. The topological polar surface area (TPSA) is 149 Å². The first-order chi connectivity index (χ1) is 12.4. The van der Waals surface area contributed by atoms with Crippen LogP contribution in [-0.2, 0) is 4.74 Å². The lowest BCUT2D eigenvalue weighted by molar-refractivity contribution is -0.0424. The smallest absolute Gasteiger partial charge is 0.167 e. The third-order valence-electron chi connectivity index (χ3n) is 4.48. The first-order valence-electron chi connectivity index (χ1n) is 8.44. The molecule has 3 rings (SSSR count). The van der Waals surface area contributed by atoms with Crippen LogP contribution in [0, 0.1) is 6.92 Å². The number of rotatable bonds is 6. The van der Waals surface area contributed by atoms with E-state index in [4.69, 9.17) is 16.2 Å². The lowest BCUT2D eigenvalue weighted by atomic mass is 10.1. The summed E-state index contributed by atoms with van der Waals surface area (Å²) in [4.78, 5) is 14.5. The van der Waals surface area contributed by atoms with Gasteiger partial charge in [-0.1, -0.05) is 12.2 Å². The molecule has 0 bridgehead atoms. The van der Waals surface area contributed by atoms with Crippen LogP contribution < -0.4 is 11.5 Å². The normalized spacial score (nSPS) is 26.5. The maximum Gasteiger partial charge on any atom is 0.167 e. The fourth-order valence-corrected chi connectivity index (χ4v) is 3.17. The molecule has 1 aliphatic heterocycles. The van der Waals surface area contributed by atoms with Gasteiger partial charge in [-0.05, 0) is 14.0 Å². The van der Waals surface area contributed by atoms with Crippen molar-refractivity contribution in [3.05, 3.63) is 24.3 Å². The van der Waals surface area contributed by atoms with Crippen molar-refractivity contribution in [2.45, 2.75) is 31.5 Å². The molecule has 0 saturated carbocycles. The highest BCUT2D eigenvalue weighted by Crippen LogP contribution is 2.33. The molecule has 142 valence electrons. The second kappa shape index (κ2) is 7.64. The lowest BCUT2D eigenvalue weighted by Gasteiger charge is -2.21. The highest BCUT2D eigenvalue weighted by Gasteiger charge is 2.45. The summed E-state index contributed by atoms with van der Waals surface area (Å²) >= 11 is 0. The molecule has 4 atom stereocenters. The zero-order valence-corrected chi connectivity index (χ0v) is 14.9. The standard InChI is InChI=1S/C16H25N7O3/c1-9-21-11-14(18)19-8-20-15(11)23(9)16-13(25)12(24)10(26-16)7-22(2)6-4-3-5-17/h3-4,8,10,12-13,16,24-25H,5-7,17H2,1-2H3,(H2,18,19,20)/t10-,12-,13-,16-/m1/s1. The van der Waals surface area contributed by atoms with Gasteiger partial charge in [-0.2, -0.15) is 0 Å². The molecule has 10 heteroatoms. The second-order valence-corrected chi connectivity index (χ2v) is 6.43. The van der Waals surface area contributed by atoms with Crippen molar-refractivity contribution in [1.29, 1.82) is 0 Å². The minimum atomic E-state index is -1.11.